The average Bonchev–Trinajstić information content (AvgIpc) is 1.99. The van der Waals surface area contributed by atoms with E-state index in [4.69, 9.17) is 23.2 Å². The minimum absolute atomic E-state index is 0.631. The molecule has 0 aliphatic heterocycles. The smallest absolute Gasteiger partial charge is 0.0583 e. The van der Waals surface area contributed by atoms with Gasteiger partial charge in [0.2, 0.25) is 0 Å². The molecule has 66 valence electrons. The fraction of sp³-hybridized carbons (Fsp3) is 0.250. The lowest BCUT2D eigenvalue weighted by Gasteiger charge is -2.13. The van der Waals surface area contributed by atoms with Crippen molar-refractivity contribution in [3.8, 4) is 0 Å². The fourth-order valence-corrected chi connectivity index (χ4v) is 1.50. The van der Waals surface area contributed by atoms with Crippen molar-refractivity contribution < 1.29 is 0 Å². The van der Waals surface area contributed by atoms with Crippen LogP contribution in [0.3, 0.4) is 0 Å². The summed E-state index contributed by atoms with van der Waals surface area (Å²) in [5.74, 6) is 0. The van der Waals surface area contributed by atoms with Gasteiger partial charge in [0.05, 0.1) is 14.5 Å². The third-order valence-corrected chi connectivity index (χ3v) is 3.39. The maximum Gasteiger partial charge on any atom is 0.0583 e. The third kappa shape index (κ3) is 2.06. The molecule has 1 aromatic rings. The summed E-state index contributed by atoms with van der Waals surface area (Å²) in [5, 5.41) is 1.26. The number of hydrogen-bond acceptors (Lipinski definition) is 1. The molecular weight excluding hydrogens is 261 g/mol. The Hall–Kier alpha value is 0.0800. The van der Waals surface area contributed by atoms with Crippen LogP contribution in [0.4, 0.5) is 5.69 Å². The zero-order valence-corrected chi connectivity index (χ0v) is 9.83. The molecule has 0 bridgehead atoms. The normalized spacial score (nSPS) is 10.1. The van der Waals surface area contributed by atoms with Gasteiger partial charge >= 0.3 is 0 Å². The van der Waals surface area contributed by atoms with Crippen molar-refractivity contribution in [2.45, 2.75) is 0 Å². The summed E-state index contributed by atoms with van der Waals surface area (Å²) >= 11 is 15.1. The van der Waals surface area contributed by atoms with Crippen LogP contribution >= 0.6 is 39.1 Å². The van der Waals surface area contributed by atoms with Gasteiger partial charge in [0.25, 0.3) is 0 Å². The topological polar surface area (TPSA) is 3.24 Å². The molecule has 4 heteroatoms. The molecule has 0 radical (unpaired) electrons. The highest BCUT2D eigenvalue weighted by atomic mass is 79.9. The van der Waals surface area contributed by atoms with Gasteiger partial charge in [-0.05, 0) is 28.1 Å². The maximum absolute atomic E-state index is 5.91. The SMILES string of the molecule is CN(C)c1cc(Cl)c(Br)c(Cl)c1. The van der Waals surface area contributed by atoms with Crippen LogP contribution in [0.5, 0.6) is 0 Å². The molecule has 0 N–H and O–H groups in total. The van der Waals surface area contributed by atoms with E-state index < -0.39 is 0 Å². The molecule has 0 unspecified atom stereocenters. The minimum Gasteiger partial charge on any atom is -0.378 e. The monoisotopic (exact) mass is 267 g/mol. The van der Waals surface area contributed by atoms with Crippen molar-refractivity contribution >= 4 is 44.8 Å². The highest BCUT2D eigenvalue weighted by molar-refractivity contribution is 9.10. The summed E-state index contributed by atoms with van der Waals surface area (Å²) < 4.78 is 0.747. The number of anilines is 1. The Morgan fingerprint density at radius 3 is 1.92 bits per heavy atom. The quantitative estimate of drug-likeness (QED) is 0.700. The molecule has 0 atom stereocenters. The average molecular weight is 269 g/mol. The van der Waals surface area contributed by atoms with Gasteiger partial charge in [-0.2, -0.15) is 0 Å². The Morgan fingerprint density at radius 1 is 1.17 bits per heavy atom. The van der Waals surface area contributed by atoms with Gasteiger partial charge in [-0.3, -0.25) is 0 Å². The van der Waals surface area contributed by atoms with E-state index in [2.05, 4.69) is 15.9 Å². The van der Waals surface area contributed by atoms with Gasteiger partial charge in [-0.25, -0.2) is 0 Å². The van der Waals surface area contributed by atoms with E-state index in [1.807, 2.05) is 31.1 Å². The first-order valence-electron chi connectivity index (χ1n) is 3.34. The van der Waals surface area contributed by atoms with Gasteiger partial charge in [-0.15, -0.1) is 0 Å². The molecule has 0 fully saturated rings. The summed E-state index contributed by atoms with van der Waals surface area (Å²) in [6.45, 7) is 0. The molecule has 0 aliphatic rings. The molecule has 0 saturated carbocycles. The summed E-state index contributed by atoms with van der Waals surface area (Å²) in [4.78, 5) is 1.95. The molecule has 0 heterocycles. The van der Waals surface area contributed by atoms with E-state index >= 15 is 0 Å². The standard InChI is InChI=1S/C8H8BrCl2N/c1-12(2)5-3-6(10)8(9)7(11)4-5/h3-4H,1-2H3. The van der Waals surface area contributed by atoms with Crippen LogP contribution in [0, 0.1) is 0 Å². The summed E-state index contributed by atoms with van der Waals surface area (Å²) in [5.41, 5.74) is 0.994. The lowest BCUT2D eigenvalue weighted by atomic mass is 10.3. The molecule has 1 nitrogen and oxygen atoms in total. The minimum atomic E-state index is 0.631. The number of halogens is 3. The Labute approximate surface area is 90.4 Å². The molecule has 1 aromatic carbocycles. The van der Waals surface area contributed by atoms with Crippen molar-refractivity contribution in [2.24, 2.45) is 0 Å². The number of hydrogen-bond donors (Lipinski definition) is 0. The van der Waals surface area contributed by atoms with E-state index in [9.17, 15) is 0 Å². The van der Waals surface area contributed by atoms with Crippen LogP contribution < -0.4 is 4.90 Å². The van der Waals surface area contributed by atoms with Crippen molar-refractivity contribution in [1.29, 1.82) is 0 Å². The Morgan fingerprint density at radius 2 is 1.58 bits per heavy atom. The zero-order valence-electron chi connectivity index (χ0n) is 6.74. The molecule has 0 amide bonds. The van der Waals surface area contributed by atoms with Crippen molar-refractivity contribution in [2.75, 3.05) is 19.0 Å². The number of nitrogens with zero attached hydrogens (tertiary/aromatic N) is 1. The van der Waals surface area contributed by atoms with Crippen LogP contribution in [0.1, 0.15) is 0 Å². The lowest BCUT2D eigenvalue weighted by Crippen LogP contribution is -2.08. The van der Waals surface area contributed by atoms with E-state index in [0.717, 1.165) is 10.2 Å². The van der Waals surface area contributed by atoms with E-state index in [0.29, 0.717) is 10.0 Å². The molecule has 0 aromatic heterocycles. The third-order valence-electron chi connectivity index (χ3n) is 1.48. The van der Waals surface area contributed by atoms with Crippen molar-refractivity contribution in [3.05, 3.63) is 26.7 Å². The highest BCUT2D eigenvalue weighted by Gasteiger charge is 2.05. The first kappa shape index (κ1) is 10.2. The van der Waals surface area contributed by atoms with E-state index in [-0.39, 0.29) is 0 Å². The largest absolute Gasteiger partial charge is 0.378 e. The Balaban J connectivity index is 3.21. The summed E-state index contributed by atoms with van der Waals surface area (Å²) in [6.07, 6.45) is 0. The van der Waals surface area contributed by atoms with Gasteiger partial charge in [0, 0.05) is 19.8 Å². The summed E-state index contributed by atoms with van der Waals surface area (Å²) in [6, 6.07) is 3.72. The summed E-state index contributed by atoms with van der Waals surface area (Å²) in [7, 11) is 3.88. The molecule has 0 spiro atoms. The van der Waals surface area contributed by atoms with Crippen LogP contribution in [0.2, 0.25) is 10.0 Å². The first-order valence-corrected chi connectivity index (χ1v) is 4.89. The first-order chi connectivity index (χ1) is 5.52. The zero-order chi connectivity index (χ0) is 9.30. The molecule has 0 saturated heterocycles. The maximum atomic E-state index is 5.91. The predicted octanol–water partition coefficient (Wildman–Crippen LogP) is 3.82. The second kappa shape index (κ2) is 3.86. The van der Waals surface area contributed by atoms with Crippen molar-refractivity contribution in [3.63, 3.8) is 0 Å². The fourth-order valence-electron chi connectivity index (χ4n) is 0.800. The second-order valence-electron chi connectivity index (χ2n) is 2.62. The van der Waals surface area contributed by atoms with Gasteiger partial charge in [0.1, 0.15) is 0 Å². The second-order valence-corrected chi connectivity index (χ2v) is 4.23. The Kier molecular flexibility index (Phi) is 3.27. The molecule has 1 rings (SSSR count). The van der Waals surface area contributed by atoms with Gasteiger partial charge in [-0.1, -0.05) is 23.2 Å². The van der Waals surface area contributed by atoms with E-state index in [1.54, 1.807) is 0 Å². The predicted molar refractivity (Wildman–Crippen MR) is 58.5 cm³/mol. The lowest BCUT2D eigenvalue weighted by molar-refractivity contribution is 1.13. The van der Waals surface area contributed by atoms with E-state index in [1.165, 1.54) is 0 Å². The number of rotatable bonds is 1. The molecule has 0 aliphatic carbocycles. The Bertz CT molecular complexity index is 276. The van der Waals surface area contributed by atoms with Crippen LogP contribution in [0.25, 0.3) is 0 Å². The van der Waals surface area contributed by atoms with Crippen molar-refractivity contribution in [1.82, 2.24) is 0 Å². The van der Waals surface area contributed by atoms with Gasteiger partial charge < -0.3 is 4.90 Å². The van der Waals surface area contributed by atoms with Gasteiger partial charge in [0.15, 0.2) is 0 Å². The highest BCUT2D eigenvalue weighted by Crippen LogP contribution is 2.34. The van der Waals surface area contributed by atoms with Crippen LogP contribution in [-0.4, -0.2) is 14.1 Å². The molecular formula is C8H8BrCl2N. The number of benzene rings is 1. The molecule has 12 heavy (non-hydrogen) atoms. The van der Waals surface area contributed by atoms with Crippen LogP contribution in [0.15, 0.2) is 16.6 Å². The van der Waals surface area contributed by atoms with Crippen LogP contribution in [-0.2, 0) is 0 Å².